The van der Waals surface area contributed by atoms with Gasteiger partial charge >= 0.3 is 0 Å². The Morgan fingerprint density at radius 3 is 2.72 bits per heavy atom. The van der Waals surface area contributed by atoms with Crippen molar-refractivity contribution in [2.24, 2.45) is 0 Å². The highest BCUT2D eigenvalue weighted by Gasteiger charge is 2.27. The fourth-order valence-corrected chi connectivity index (χ4v) is 4.16. The monoisotopic (exact) mass is 424 g/mol. The third kappa shape index (κ3) is 3.87. The van der Waals surface area contributed by atoms with E-state index in [1.165, 1.54) is 0 Å². The first kappa shape index (κ1) is 20.0. The maximum atomic E-state index is 13.4. The number of ether oxygens (including phenoxy) is 1. The lowest BCUT2D eigenvalue weighted by molar-refractivity contribution is -0.129. The van der Waals surface area contributed by atoms with Gasteiger partial charge in [-0.2, -0.15) is 0 Å². The Bertz CT molecular complexity index is 1240. The number of imidazole rings is 1. The summed E-state index contributed by atoms with van der Waals surface area (Å²) in [5.74, 6) is 1.67. The Morgan fingerprint density at radius 2 is 1.88 bits per heavy atom. The number of carbonyl (C=O) groups excluding carboxylic acids is 1. The average molecular weight is 425 g/mol. The number of allylic oxidation sites excluding steroid dienone is 5. The molecule has 0 fully saturated rings. The number of carbonyl (C=O) groups is 1. The SMILES string of the molecule is COc1ccccc1-c1cn2c(n1)CN(C(=O)Cc1ccncc1)C1=C(C=CCC=C1)C2. The van der Waals surface area contributed by atoms with Crippen molar-refractivity contribution in [3.05, 3.63) is 102 Å². The number of hydrogen-bond donors (Lipinski definition) is 0. The summed E-state index contributed by atoms with van der Waals surface area (Å²) in [5.41, 5.74) is 4.78. The number of fused-ring (bicyclic) bond motifs is 1. The molecule has 6 heteroatoms. The highest BCUT2D eigenvalue weighted by atomic mass is 16.5. The molecule has 0 N–H and O–H groups in total. The Morgan fingerprint density at radius 1 is 1.06 bits per heavy atom. The first-order valence-corrected chi connectivity index (χ1v) is 10.7. The van der Waals surface area contributed by atoms with E-state index < -0.39 is 0 Å². The first-order valence-electron chi connectivity index (χ1n) is 10.7. The Kier molecular flexibility index (Phi) is 5.42. The predicted molar refractivity (Wildman–Crippen MR) is 123 cm³/mol. The van der Waals surface area contributed by atoms with Crippen LogP contribution in [0, 0.1) is 0 Å². The molecule has 160 valence electrons. The minimum atomic E-state index is 0.0407. The van der Waals surface area contributed by atoms with Crippen LogP contribution in [0.3, 0.4) is 0 Å². The number of rotatable bonds is 4. The van der Waals surface area contributed by atoms with Gasteiger partial charge in [0.25, 0.3) is 0 Å². The summed E-state index contributed by atoms with van der Waals surface area (Å²) in [6, 6.07) is 11.6. The van der Waals surface area contributed by atoms with Crippen LogP contribution < -0.4 is 4.74 Å². The highest BCUT2D eigenvalue weighted by Crippen LogP contribution is 2.32. The van der Waals surface area contributed by atoms with E-state index in [4.69, 9.17) is 9.72 Å². The molecule has 0 radical (unpaired) electrons. The van der Waals surface area contributed by atoms with Crippen LogP contribution in [0.25, 0.3) is 11.3 Å². The van der Waals surface area contributed by atoms with Gasteiger partial charge in [-0.05, 0) is 47.9 Å². The Balaban J connectivity index is 1.54. The minimum absolute atomic E-state index is 0.0407. The van der Waals surface area contributed by atoms with Crippen LogP contribution in [0.15, 0.2) is 90.6 Å². The molecule has 32 heavy (non-hydrogen) atoms. The van der Waals surface area contributed by atoms with Crippen LogP contribution in [-0.2, 0) is 24.3 Å². The second-order valence-electron chi connectivity index (χ2n) is 7.83. The second-order valence-corrected chi connectivity index (χ2v) is 7.83. The molecule has 1 aliphatic heterocycles. The second kappa shape index (κ2) is 8.67. The lowest BCUT2D eigenvalue weighted by atomic mass is 10.1. The molecule has 0 atom stereocenters. The molecule has 2 aliphatic rings. The van der Waals surface area contributed by atoms with Crippen molar-refractivity contribution in [3.8, 4) is 17.0 Å². The zero-order valence-electron chi connectivity index (χ0n) is 17.9. The van der Waals surface area contributed by atoms with Crippen LogP contribution in [0.4, 0.5) is 0 Å². The summed E-state index contributed by atoms with van der Waals surface area (Å²) in [6.45, 7) is 1.07. The van der Waals surface area contributed by atoms with Crippen LogP contribution >= 0.6 is 0 Å². The number of para-hydroxylation sites is 1. The summed E-state index contributed by atoms with van der Waals surface area (Å²) in [6.07, 6.45) is 15.1. The maximum Gasteiger partial charge on any atom is 0.231 e. The van der Waals surface area contributed by atoms with Gasteiger partial charge in [0.05, 0.1) is 32.3 Å². The van der Waals surface area contributed by atoms with E-state index in [0.717, 1.165) is 46.1 Å². The van der Waals surface area contributed by atoms with Gasteiger partial charge in [-0.1, -0.05) is 30.4 Å². The molecule has 0 saturated heterocycles. The summed E-state index contributed by atoms with van der Waals surface area (Å²) in [5, 5.41) is 0. The minimum Gasteiger partial charge on any atom is -0.496 e. The number of aromatic nitrogens is 3. The zero-order chi connectivity index (χ0) is 21.9. The molecule has 6 nitrogen and oxygen atoms in total. The Hall–Kier alpha value is -3.93. The van der Waals surface area contributed by atoms with Crippen molar-refractivity contribution in [2.75, 3.05) is 7.11 Å². The van der Waals surface area contributed by atoms with Gasteiger partial charge in [-0.15, -0.1) is 0 Å². The largest absolute Gasteiger partial charge is 0.496 e. The van der Waals surface area contributed by atoms with Gasteiger partial charge in [0.15, 0.2) is 0 Å². The molecule has 0 bridgehead atoms. The molecule has 3 heterocycles. The topological polar surface area (TPSA) is 60.2 Å². The van der Waals surface area contributed by atoms with Gasteiger partial charge in [-0.25, -0.2) is 4.98 Å². The number of pyridine rings is 1. The average Bonchev–Trinajstić information content (AvgIpc) is 2.98. The molecule has 1 aliphatic carbocycles. The predicted octanol–water partition coefficient (Wildman–Crippen LogP) is 4.31. The molecule has 1 aromatic carbocycles. The summed E-state index contributed by atoms with van der Waals surface area (Å²) < 4.78 is 7.68. The molecule has 5 rings (SSSR count). The van der Waals surface area contributed by atoms with Gasteiger partial charge < -0.3 is 14.2 Å². The molecular weight excluding hydrogens is 400 g/mol. The third-order valence-corrected chi connectivity index (χ3v) is 5.77. The van der Waals surface area contributed by atoms with Crippen molar-refractivity contribution in [1.82, 2.24) is 19.4 Å². The van der Waals surface area contributed by atoms with Crippen molar-refractivity contribution in [1.29, 1.82) is 0 Å². The van der Waals surface area contributed by atoms with Crippen molar-refractivity contribution in [3.63, 3.8) is 0 Å². The van der Waals surface area contributed by atoms with E-state index in [-0.39, 0.29) is 5.91 Å². The third-order valence-electron chi connectivity index (χ3n) is 5.77. The van der Waals surface area contributed by atoms with Crippen molar-refractivity contribution < 1.29 is 9.53 Å². The number of nitrogens with zero attached hydrogens (tertiary/aromatic N) is 4. The Labute approximate surface area is 187 Å². The summed E-state index contributed by atoms with van der Waals surface area (Å²) in [7, 11) is 1.67. The number of hydrogen-bond acceptors (Lipinski definition) is 4. The lowest BCUT2D eigenvalue weighted by Gasteiger charge is -2.23. The van der Waals surface area contributed by atoms with Gasteiger partial charge in [0.2, 0.25) is 5.91 Å². The molecule has 0 unspecified atom stereocenters. The van der Waals surface area contributed by atoms with Gasteiger partial charge in [-0.3, -0.25) is 9.78 Å². The van der Waals surface area contributed by atoms with E-state index in [2.05, 4.69) is 40.1 Å². The lowest BCUT2D eigenvalue weighted by Crippen LogP contribution is -2.31. The number of benzene rings is 1. The quantitative estimate of drug-likeness (QED) is 0.626. The molecule has 2 aromatic heterocycles. The standard InChI is InChI=1S/C26H24N4O2/c1-32-24-10-6-5-8-21(24)22-17-29-16-20-7-3-2-4-9-23(20)30(18-25(29)28-22)26(31)15-19-11-13-27-14-12-19/h3-14,17H,2,15-16,18H2,1H3. The molecule has 1 amide bonds. The van der Waals surface area contributed by atoms with E-state index >= 15 is 0 Å². The fourth-order valence-electron chi connectivity index (χ4n) is 4.16. The van der Waals surface area contributed by atoms with E-state index in [1.807, 2.05) is 41.3 Å². The molecule has 0 saturated carbocycles. The van der Waals surface area contributed by atoms with Crippen LogP contribution in [-0.4, -0.2) is 32.5 Å². The van der Waals surface area contributed by atoms with E-state index in [0.29, 0.717) is 19.5 Å². The van der Waals surface area contributed by atoms with E-state index in [1.54, 1.807) is 19.5 Å². The van der Waals surface area contributed by atoms with Crippen molar-refractivity contribution in [2.45, 2.75) is 25.9 Å². The van der Waals surface area contributed by atoms with E-state index in [9.17, 15) is 4.79 Å². The highest BCUT2D eigenvalue weighted by molar-refractivity contribution is 5.81. The number of amides is 1. The van der Waals surface area contributed by atoms with Crippen LogP contribution in [0.2, 0.25) is 0 Å². The van der Waals surface area contributed by atoms with Gasteiger partial charge in [0, 0.05) is 29.9 Å². The van der Waals surface area contributed by atoms with Crippen LogP contribution in [0.5, 0.6) is 5.75 Å². The smallest absolute Gasteiger partial charge is 0.231 e. The van der Waals surface area contributed by atoms with Crippen LogP contribution in [0.1, 0.15) is 17.8 Å². The number of methoxy groups -OCH3 is 1. The zero-order valence-corrected chi connectivity index (χ0v) is 17.9. The van der Waals surface area contributed by atoms with Crippen molar-refractivity contribution >= 4 is 5.91 Å². The van der Waals surface area contributed by atoms with Gasteiger partial charge in [0.1, 0.15) is 11.6 Å². The first-order chi connectivity index (χ1) is 15.7. The summed E-state index contributed by atoms with van der Waals surface area (Å²) >= 11 is 0. The molecular formula is C26H24N4O2. The molecule has 0 spiro atoms. The molecule has 3 aromatic rings. The normalized spacial score (nSPS) is 15.1. The maximum absolute atomic E-state index is 13.4. The summed E-state index contributed by atoms with van der Waals surface area (Å²) in [4.78, 5) is 24.3. The fraction of sp³-hybridized carbons (Fsp3) is 0.192.